The maximum absolute atomic E-state index is 13.6. The number of esters is 2. The number of fused-ring (bicyclic) bond motifs is 2. The molecular weight excluding hydrogens is 432 g/mol. The molecule has 9 nitrogen and oxygen atoms in total. The van der Waals surface area contributed by atoms with E-state index in [1.54, 1.807) is 6.92 Å². The molecule has 0 aromatic rings. The SMILES string of the molecule is C=C1C(=O)[C@]23C[C@H]1C[C@@H](O)[C@H]2[C@]12CC[C@H](OC(C)=O)[C@@](C)(COC(C)=O)[C@H]1[C@H](O)[C@]3(O)OC2. The molecule has 33 heavy (non-hydrogen) atoms. The van der Waals surface area contributed by atoms with Crippen LogP contribution in [0.3, 0.4) is 0 Å². The van der Waals surface area contributed by atoms with Crippen molar-refractivity contribution in [1.29, 1.82) is 0 Å². The molecule has 0 radical (unpaired) electrons. The van der Waals surface area contributed by atoms with Crippen LogP contribution < -0.4 is 0 Å². The van der Waals surface area contributed by atoms with Crippen molar-refractivity contribution in [2.75, 3.05) is 13.2 Å². The average Bonchev–Trinajstić information content (AvgIpc) is 2.92. The molecular formula is C24H32O9. The lowest BCUT2D eigenvalue weighted by Crippen LogP contribution is -2.84. The van der Waals surface area contributed by atoms with Gasteiger partial charge in [-0.3, -0.25) is 14.4 Å². The normalized spacial score (nSPS) is 52.2. The van der Waals surface area contributed by atoms with Gasteiger partial charge in [-0.05, 0) is 37.2 Å². The molecule has 10 atom stereocenters. The van der Waals surface area contributed by atoms with E-state index in [0.29, 0.717) is 24.8 Å². The smallest absolute Gasteiger partial charge is 0.302 e. The first-order chi connectivity index (χ1) is 15.3. The molecule has 0 aromatic carbocycles. The van der Waals surface area contributed by atoms with Crippen LogP contribution >= 0.6 is 0 Å². The zero-order valence-corrected chi connectivity index (χ0v) is 19.2. The first kappa shape index (κ1) is 23.0. The predicted molar refractivity (Wildman–Crippen MR) is 111 cm³/mol. The molecule has 4 aliphatic carbocycles. The fourth-order valence-corrected chi connectivity index (χ4v) is 8.53. The molecule has 0 unspecified atom stereocenters. The Bertz CT molecular complexity index is 946. The van der Waals surface area contributed by atoms with Gasteiger partial charge in [-0.15, -0.1) is 0 Å². The molecule has 0 aromatic heterocycles. The van der Waals surface area contributed by atoms with Crippen molar-refractivity contribution in [2.45, 2.75) is 70.6 Å². The minimum Gasteiger partial charge on any atom is -0.465 e. The summed E-state index contributed by atoms with van der Waals surface area (Å²) in [6.45, 7) is 8.14. The second kappa shape index (κ2) is 6.87. The van der Waals surface area contributed by atoms with Crippen LogP contribution in [0, 0.1) is 34.0 Å². The molecule has 4 bridgehead atoms. The summed E-state index contributed by atoms with van der Waals surface area (Å²) in [5, 5.41) is 35.0. The van der Waals surface area contributed by atoms with Gasteiger partial charge in [-0.2, -0.15) is 0 Å². The third-order valence-electron chi connectivity index (χ3n) is 9.57. The largest absolute Gasteiger partial charge is 0.465 e. The zero-order valence-electron chi connectivity index (χ0n) is 19.2. The number of aliphatic hydroxyl groups is 3. The lowest BCUT2D eigenvalue weighted by atomic mass is 9.35. The molecule has 6 fully saturated rings. The Morgan fingerprint density at radius 3 is 2.55 bits per heavy atom. The number of ketones is 1. The Hall–Kier alpha value is -1.81. The number of aliphatic hydroxyl groups excluding tert-OH is 2. The predicted octanol–water partition coefficient (Wildman–Crippen LogP) is 0.490. The van der Waals surface area contributed by atoms with Gasteiger partial charge in [0, 0.05) is 36.5 Å². The molecule has 2 spiro atoms. The van der Waals surface area contributed by atoms with Crippen LogP contribution in [0.2, 0.25) is 0 Å². The molecule has 2 aliphatic heterocycles. The maximum atomic E-state index is 13.6. The third kappa shape index (κ3) is 2.54. The Morgan fingerprint density at radius 2 is 1.91 bits per heavy atom. The lowest BCUT2D eigenvalue weighted by molar-refractivity contribution is -0.450. The van der Waals surface area contributed by atoms with Crippen molar-refractivity contribution in [1.82, 2.24) is 0 Å². The number of Topliss-reactive ketones (excluding diaryl/α,β-unsaturated/α-hetero) is 1. The lowest BCUT2D eigenvalue weighted by Gasteiger charge is -2.74. The summed E-state index contributed by atoms with van der Waals surface area (Å²) in [6.07, 6.45) is -1.72. The van der Waals surface area contributed by atoms with E-state index in [1.807, 2.05) is 0 Å². The van der Waals surface area contributed by atoms with Gasteiger partial charge in [0.15, 0.2) is 5.78 Å². The Morgan fingerprint density at radius 1 is 1.21 bits per heavy atom. The molecule has 182 valence electrons. The summed E-state index contributed by atoms with van der Waals surface area (Å²) in [7, 11) is 0. The molecule has 3 N–H and O–H groups in total. The fourth-order valence-electron chi connectivity index (χ4n) is 8.53. The number of rotatable bonds is 3. The summed E-state index contributed by atoms with van der Waals surface area (Å²) in [6, 6.07) is 0. The number of carbonyl (C=O) groups excluding carboxylic acids is 3. The van der Waals surface area contributed by atoms with Crippen molar-refractivity contribution in [2.24, 2.45) is 34.0 Å². The van der Waals surface area contributed by atoms with E-state index < -0.39 is 64.1 Å². The average molecular weight is 465 g/mol. The topological polar surface area (TPSA) is 140 Å². The minimum atomic E-state index is -2.24. The first-order valence-electron chi connectivity index (χ1n) is 11.6. The van der Waals surface area contributed by atoms with E-state index in [0.717, 1.165) is 0 Å². The van der Waals surface area contributed by atoms with E-state index in [1.165, 1.54) is 13.8 Å². The van der Waals surface area contributed by atoms with E-state index in [2.05, 4.69) is 6.58 Å². The summed E-state index contributed by atoms with van der Waals surface area (Å²) < 4.78 is 17.0. The fraction of sp³-hybridized carbons (Fsp3) is 0.792. The number of hydrogen-bond acceptors (Lipinski definition) is 9. The van der Waals surface area contributed by atoms with Gasteiger partial charge in [-0.25, -0.2) is 0 Å². The minimum absolute atomic E-state index is 0.0293. The van der Waals surface area contributed by atoms with Crippen LogP contribution in [-0.2, 0) is 28.6 Å². The van der Waals surface area contributed by atoms with Gasteiger partial charge in [0.1, 0.15) is 18.8 Å². The summed E-state index contributed by atoms with van der Waals surface area (Å²) in [5.41, 5.74) is -3.10. The highest BCUT2D eigenvalue weighted by Gasteiger charge is 2.85. The number of allylic oxidation sites excluding steroid dienone is 1. The number of ether oxygens (including phenoxy) is 3. The van der Waals surface area contributed by atoms with E-state index in [4.69, 9.17) is 14.2 Å². The summed E-state index contributed by atoms with van der Waals surface area (Å²) >= 11 is 0. The van der Waals surface area contributed by atoms with Crippen LogP contribution in [0.5, 0.6) is 0 Å². The molecule has 4 saturated carbocycles. The second-order valence-corrected chi connectivity index (χ2v) is 11.1. The Labute approximate surface area is 192 Å². The number of carbonyl (C=O) groups is 3. The standard InChI is InChI=1S/C24H32O9/c1-11-14-7-15(27)17-22-6-5-16(33-13(3)26)21(4,9-31-12(2)25)18(22)20(29)24(30,32-10-22)23(17,8-14)19(11)28/h14-18,20,27,29-30H,1,5-10H2,2-4H3/t14-,15-,16+,17+,18-,20+,21-,22-,23+,24+/m1/s1. The second-order valence-electron chi connectivity index (χ2n) is 11.1. The van der Waals surface area contributed by atoms with Gasteiger partial charge in [-0.1, -0.05) is 13.5 Å². The molecule has 0 amide bonds. The number of hydrogen-bond donors (Lipinski definition) is 3. The highest BCUT2D eigenvalue weighted by atomic mass is 16.6. The van der Waals surface area contributed by atoms with Crippen molar-refractivity contribution in [3.8, 4) is 0 Å². The molecule has 6 rings (SSSR count). The molecule has 6 aliphatic rings. The van der Waals surface area contributed by atoms with Crippen molar-refractivity contribution < 1.29 is 43.9 Å². The van der Waals surface area contributed by atoms with Gasteiger partial charge in [0.25, 0.3) is 0 Å². The van der Waals surface area contributed by atoms with Crippen LogP contribution in [0.4, 0.5) is 0 Å². The molecule has 2 saturated heterocycles. The van der Waals surface area contributed by atoms with Gasteiger partial charge >= 0.3 is 11.9 Å². The monoisotopic (exact) mass is 464 g/mol. The maximum Gasteiger partial charge on any atom is 0.302 e. The van der Waals surface area contributed by atoms with Crippen molar-refractivity contribution in [3.63, 3.8) is 0 Å². The van der Waals surface area contributed by atoms with Gasteiger partial charge in [0.05, 0.1) is 18.1 Å². The van der Waals surface area contributed by atoms with E-state index in [9.17, 15) is 29.7 Å². The van der Waals surface area contributed by atoms with E-state index >= 15 is 0 Å². The van der Waals surface area contributed by atoms with Crippen molar-refractivity contribution in [3.05, 3.63) is 12.2 Å². The highest BCUT2D eigenvalue weighted by molar-refractivity contribution is 6.04. The highest BCUT2D eigenvalue weighted by Crippen LogP contribution is 2.76. The van der Waals surface area contributed by atoms with Gasteiger partial charge < -0.3 is 29.5 Å². The van der Waals surface area contributed by atoms with Crippen LogP contribution in [0.1, 0.15) is 46.5 Å². The summed E-state index contributed by atoms with van der Waals surface area (Å²) in [5.74, 6) is -5.33. The third-order valence-corrected chi connectivity index (χ3v) is 9.57. The van der Waals surface area contributed by atoms with Gasteiger partial charge in [0.2, 0.25) is 5.79 Å². The molecule has 9 heteroatoms. The Kier molecular flexibility index (Phi) is 4.78. The molecule has 2 heterocycles. The Balaban J connectivity index is 1.69. The quantitative estimate of drug-likeness (QED) is 0.402. The van der Waals surface area contributed by atoms with E-state index in [-0.39, 0.29) is 31.3 Å². The zero-order chi connectivity index (χ0) is 24.1. The van der Waals surface area contributed by atoms with Crippen molar-refractivity contribution >= 4 is 17.7 Å². The first-order valence-corrected chi connectivity index (χ1v) is 11.6. The van der Waals surface area contributed by atoms with Crippen LogP contribution in [-0.4, -0.2) is 70.4 Å². The summed E-state index contributed by atoms with van der Waals surface area (Å²) in [4.78, 5) is 37.2. The van der Waals surface area contributed by atoms with Crippen LogP contribution in [0.15, 0.2) is 12.2 Å². The van der Waals surface area contributed by atoms with Crippen LogP contribution in [0.25, 0.3) is 0 Å².